The molecule has 140 valence electrons. The van der Waals surface area contributed by atoms with Crippen molar-refractivity contribution >= 4 is 16.1 Å². The first-order chi connectivity index (χ1) is 11.3. The molecule has 2 aliphatic heterocycles. The summed E-state index contributed by atoms with van der Waals surface area (Å²) in [4.78, 5) is 14.4. The van der Waals surface area contributed by atoms with E-state index < -0.39 is 16.3 Å². The third-order valence-corrected chi connectivity index (χ3v) is 7.02. The van der Waals surface area contributed by atoms with E-state index in [1.807, 2.05) is 13.8 Å². The molecule has 9 heteroatoms. The van der Waals surface area contributed by atoms with E-state index >= 15 is 0 Å². The van der Waals surface area contributed by atoms with E-state index in [9.17, 15) is 13.2 Å². The predicted molar refractivity (Wildman–Crippen MR) is 91.5 cm³/mol. The monoisotopic (exact) mass is 362 g/mol. The predicted octanol–water partition coefficient (Wildman–Crippen LogP) is -0.388. The highest BCUT2D eigenvalue weighted by molar-refractivity contribution is 7.86. The van der Waals surface area contributed by atoms with Crippen molar-refractivity contribution in [2.45, 2.75) is 51.3 Å². The molecule has 2 fully saturated rings. The number of amides is 1. The second-order valence-electron chi connectivity index (χ2n) is 6.43. The molecule has 2 heterocycles. The van der Waals surface area contributed by atoms with Gasteiger partial charge in [-0.1, -0.05) is 0 Å². The topological polar surface area (TPSA) is 96.2 Å². The lowest BCUT2D eigenvalue weighted by Gasteiger charge is -2.35. The number of hydrogen-bond donors (Lipinski definition) is 1. The van der Waals surface area contributed by atoms with Crippen molar-refractivity contribution in [3.05, 3.63) is 0 Å². The SMILES string of the molecule is CCN(CC)C(=O)[C@@H]1C[C@H](N)CN1S(=O)(=O)N1CCC(OC)CC1. The van der Waals surface area contributed by atoms with Crippen LogP contribution in [0.15, 0.2) is 0 Å². The molecule has 2 atom stereocenters. The number of nitrogens with two attached hydrogens (primary N) is 1. The molecule has 0 saturated carbocycles. The maximum Gasteiger partial charge on any atom is 0.282 e. The van der Waals surface area contributed by atoms with Crippen molar-refractivity contribution in [3.63, 3.8) is 0 Å². The lowest BCUT2D eigenvalue weighted by molar-refractivity contribution is -0.134. The van der Waals surface area contributed by atoms with Crippen LogP contribution in [-0.4, -0.2) is 85.9 Å². The van der Waals surface area contributed by atoms with Crippen molar-refractivity contribution < 1.29 is 17.9 Å². The molecule has 0 aromatic carbocycles. The molecule has 24 heavy (non-hydrogen) atoms. The summed E-state index contributed by atoms with van der Waals surface area (Å²) >= 11 is 0. The number of rotatable bonds is 6. The summed E-state index contributed by atoms with van der Waals surface area (Å²) in [6, 6.07) is -0.995. The molecule has 0 unspecified atom stereocenters. The largest absolute Gasteiger partial charge is 0.381 e. The summed E-state index contributed by atoms with van der Waals surface area (Å²) in [6.07, 6.45) is 1.82. The number of methoxy groups -OCH3 is 1. The molecular formula is C15H30N4O4S. The molecule has 1 amide bonds. The molecular weight excluding hydrogens is 332 g/mol. The fraction of sp³-hybridized carbons (Fsp3) is 0.933. The van der Waals surface area contributed by atoms with Crippen molar-refractivity contribution in [2.24, 2.45) is 5.73 Å². The molecule has 0 spiro atoms. The van der Waals surface area contributed by atoms with Crippen LogP contribution in [0, 0.1) is 0 Å². The van der Waals surface area contributed by atoms with Gasteiger partial charge in [-0.25, -0.2) is 0 Å². The highest BCUT2D eigenvalue weighted by Crippen LogP contribution is 2.27. The van der Waals surface area contributed by atoms with Gasteiger partial charge in [-0.3, -0.25) is 4.79 Å². The van der Waals surface area contributed by atoms with Crippen LogP contribution in [0.1, 0.15) is 33.1 Å². The highest BCUT2D eigenvalue weighted by atomic mass is 32.2. The van der Waals surface area contributed by atoms with E-state index in [1.165, 1.54) is 8.61 Å². The van der Waals surface area contributed by atoms with Crippen molar-refractivity contribution in [1.82, 2.24) is 13.5 Å². The first-order valence-electron chi connectivity index (χ1n) is 8.69. The maximum absolute atomic E-state index is 13.0. The fourth-order valence-electron chi connectivity index (χ4n) is 3.51. The van der Waals surface area contributed by atoms with Crippen molar-refractivity contribution in [2.75, 3.05) is 39.8 Å². The van der Waals surface area contributed by atoms with Crippen molar-refractivity contribution in [3.8, 4) is 0 Å². The van der Waals surface area contributed by atoms with Crippen LogP contribution in [-0.2, 0) is 19.7 Å². The second kappa shape index (κ2) is 8.09. The normalized spacial score (nSPS) is 27.5. The summed E-state index contributed by atoms with van der Waals surface area (Å²) in [6.45, 7) is 5.94. The van der Waals surface area contributed by atoms with Crippen LogP contribution in [0.25, 0.3) is 0 Å². The van der Waals surface area contributed by atoms with Gasteiger partial charge in [0.15, 0.2) is 0 Å². The molecule has 0 aromatic rings. The van der Waals surface area contributed by atoms with Crippen LogP contribution in [0.3, 0.4) is 0 Å². The first-order valence-corrected chi connectivity index (χ1v) is 10.1. The third-order valence-electron chi connectivity index (χ3n) is 5.01. The number of nitrogens with zero attached hydrogens (tertiary/aromatic N) is 3. The zero-order chi connectivity index (χ0) is 17.9. The Morgan fingerprint density at radius 2 is 1.83 bits per heavy atom. The number of piperidine rings is 1. The minimum atomic E-state index is -3.69. The minimum absolute atomic E-state index is 0.102. The van der Waals surface area contributed by atoms with E-state index in [-0.39, 0.29) is 24.6 Å². The van der Waals surface area contributed by atoms with Gasteiger partial charge in [0.05, 0.1) is 6.10 Å². The molecule has 0 aliphatic carbocycles. The Balaban J connectivity index is 2.16. The number of ether oxygens (including phenoxy) is 1. The van der Waals surface area contributed by atoms with Crippen LogP contribution in [0.4, 0.5) is 0 Å². The smallest absolute Gasteiger partial charge is 0.282 e. The van der Waals surface area contributed by atoms with Gasteiger partial charge >= 0.3 is 0 Å². The Bertz CT molecular complexity index is 530. The lowest BCUT2D eigenvalue weighted by atomic mass is 10.1. The summed E-state index contributed by atoms with van der Waals surface area (Å²) < 4.78 is 34.1. The van der Waals surface area contributed by atoms with Crippen LogP contribution in [0.2, 0.25) is 0 Å². The van der Waals surface area contributed by atoms with Crippen LogP contribution < -0.4 is 5.73 Å². The van der Waals surface area contributed by atoms with Gasteiger partial charge in [0, 0.05) is 45.9 Å². The van der Waals surface area contributed by atoms with Crippen LogP contribution >= 0.6 is 0 Å². The maximum atomic E-state index is 13.0. The van der Waals surface area contributed by atoms with Gasteiger partial charge in [-0.2, -0.15) is 17.0 Å². The Labute approximate surface area is 145 Å². The minimum Gasteiger partial charge on any atom is -0.381 e. The Morgan fingerprint density at radius 3 is 2.33 bits per heavy atom. The molecule has 0 bridgehead atoms. The fourth-order valence-corrected chi connectivity index (χ4v) is 5.36. The standard InChI is InChI=1S/C15H30N4O4S/c1-4-17(5-2)15(20)14-10-12(16)11-19(14)24(21,22)18-8-6-13(23-3)7-9-18/h12-14H,4-11,16H2,1-3H3/t12-,14-/m0/s1. The van der Waals surface area contributed by atoms with E-state index in [0.717, 1.165) is 0 Å². The number of carbonyl (C=O) groups excluding carboxylic acids is 1. The van der Waals surface area contributed by atoms with Gasteiger partial charge in [-0.05, 0) is 33.1 Å². The number of hydrogen-bond acceptors (Lipinski definition) is 5. The van der Waals surface area contributed by atoms with Gasteiger partial charge in [0.1, 0.15) is 6.04 Å². The van der Waals surface area contributed by atoms with Crippen LogP contribution in [0.5, 0.6) is 0 Å². The zero-order valence-corrected chi connectivity index (χ0v) is 15.7. The van der Waals surface area contributed by atoms with E-state index in [0.29, 0.717) is 45.4 Å². The first kappa shape index (κ1) is 19.6. The summed E-state index contributed by atoms with van der Waals surface area (Å²) in [5.41, 5.74) is 5.99. The highest BCUT2D eigenvalue weighted by Gasteiger charge is 2.46. The Morgan fingerprint density at radius 1 is 1.25 bits per heavy atom. The quantitative estimate of drug-likeness (QED) is 0.694. The van der Waals surface area contributed by atoms with E-state index in [1.54, 1.807) is 12.0 Å². The van der Waals surface area contributed by atoms with Gasteiger partial charge in [-0.15, -0.1) is 0 Å². The molecule has 2 N–H and O–H groups in total. The lowest BCUT2D eigenvalue weighted by Crippen LogP contribution is -2.53. The van der Waals surface area contributed by atoms with E-state index in [4.69, 9.17) is 10.5 Å². The number of likely N-dealkylation sites (N-methyl/N-ethyl adjacent to an activating group) is 1. The second-order valence-corrected chi connectivity index (χ2v) is 8.31. The average Bonchev–Trinajstić information content (AvgIpc) is 2.98. The molecule has 2 aliphatic rings. The van der Waals surface area contributed by atoms with Gasteiger partial charge < -0.3 is 15.4 Å². The molecule has 2 saturated heterocycles. The van der Waals surface area contributed by atoms with Gasteiger partial charge in [0.25, 0.3) is 10.2 Å². The molecule has 0 aromatic heterocycles. The third kappa shape index (κ3) is 3.91. The zero-order valence-electron chi connectivity index (χ0n) is 14.8. The Kier molecular flexibility index (Phi) is 6.60. The number of carbonyl (C=O) groups is 1. The summed E-state index contributed by atoms with van der Waals surface area (Å²) in [5.74, 6) is -0.150. The van der Waals surface area contributed by atoms with Crippen molar-refractivity contribution in [1.29, 1.82) is 0 Å². The van der Waals surface area contributed by atoms with Gasteiger partial charge in [0.2, 0.25) is 5.91 Å². The molecule has 0 radical (unpaired) electrons. The Hall–Kier alpha value is -0.740. The summed E-state index contributed by atoms with van der Waals surface area (Å²) in [5, 5.41) is 0. The van der Waals surface area contributed by atoms with E-state index in [2.05, 4.69) is 0 Å². The summed E-state index contributed by atoms with van der Waals surface area (Å²) in [7, 11) is -2.04. The molecule has 8 nitrogen and oxygen atoms in total. The average molecular weight is 362 g/mol. The molecule has 2 rings (SSSR count).